The van der Waals surface area contributed by atoms with Crippen LogP contribution in [0.25, 0.3) is 0 Å². The molecule has 0 unspecified atom stereocenters. The van der Waals surface area contributed by atoms with Crippen LogP contribution in [0.3, 0.4) is 0 Å². The minimum Gasteiger partial charge on any atom is -0.466 e. The third kappa shape index (κ3) is 5.04. The summed E-state index contributed by atoms with van der Waals surface area (Å²) in [5.41, 5.74) is -0.429. The number of alkyl halides is 3. The summed E-state index contributed by atoms with van der Waals surface area (Å²) >= 11 is 1.13. The minimum absolute atomic E-state index is 0.0662. The lowest BCUT2D eigenvalue weighted by molar-refractivity contribution is -0.145. The second-order valence-corrected chi connectivity index (χ2v) is 7.97. The molecular weight excluding hydrogens is 449 g/mol. The van der Waals surface area contributed by atoms with E-state index in [4.69, 9.17) is 9.47 Å². The summed E-state index contributed by atoms with van der Waals surface area (Å²) in [5, 5.41) is 5.00. The van der Waals surface area contributed by atoms with Crippen molar-refractivity contribution < 1.29 is 37.0 Å². The number of rotatable bonds is 6. The van der Waals surface area contributed by atoms with Crippen LogP contribution >= 0.6 is 11.3 Å². The summed E-state index contributed by atoms with van der Waals surface area (Å²) < 4.78 is 48.9. The zero-order chi connectivity index (χ0) is 23.5. The lowest BCUT2D eigenvalue weighted by Gasteiger charge is -2.14. The van der Waals surface area contributed by atoms with E-state index >= 15 is 0 Å². The number of urea groups is 1. The Morgan fingerprint density at radius 2 is 1.84 bits per heavy atom. The van der Waals surface area contributed by atoms with Crippen LogP contribution in [0.5, 0.6) is 0 Å². The van der Waals surface area contributed by atoms with Crippen LogP contribution in [0.4, 0.5) is 28.7 Å². The highest BCUT2D eigenvalue weighted by molar-refractivity contribution is 7.17. The molecule has 3 rings (SSSR count). The van der Waals surface area contributed by atoms with Crippen molar-refractivity contribution in [1.29, 1.82) is 0 Å². The number of halogens is 3. The number of carbonyl (C=O) groups excluding carboxylic acids is 3. The highest BCUT2D eigenvalue weighted by Crippen LogP contribution is 2.46. The zero-order valence-corrected chi connectivity index (χ0v) is 18.1. The fourth-order valence-electron chi connectivity index (χ4n) is 3.48. The van der Waals surface area contributed by atoms with Crippen LogP contribution in [0.1, 0.15) is 52.5 Å². The molecule has 0 saturated carbocycles. The normalized spacial score (nSPS) is 15.1. The number of carbonyl (C=O) groups is 3. The maximum absolute atomic E-state index is 12.9. The van der Waals surface area contributed by atoms with Gasteiger partial charge in [0.1, 0.15) is 5.00 Å². The summed E-state index contributed by atoms with van der Waals surface area (Å²) in [5.74, 6) is -1.81. The topological polar surface area (TPSA) is 93.7 Å². The number of nitrogens with one attached hydrogen (secondary N) is 2. The second-order valence-electron chi connectivity index (χ2n) is 6.86. The van der Waals surface area contributed by atoms with Gasteiger partial charge in [-0.3, -0.25) is 10.1 Å². The molecule has 2 N–H and O–H groups in total. The van der Waals surface area contributed by atoms with Crippen LogP contribution in [0, 0.1) is 0 Å². The van der Waals surface area contributed by atoms with Gasteiger partial charge in [0.2, 0.25) is 0 Å². The van der Waals surface area contributed by atoms with Gasteiger partial charge in [0.05, 0.1) is 30.3 Å². The SMILES string of the molecule is CCOC(=O)c1c(NC(=O)Nc2cccc(C(F)(F)F)c2)sc2c1[C@H](C(=O)OCC)CC2. The standard InChI is InChI=1S/C21H21F3N2O5S/c1-3-30-18(27)13-8-9-14-15(13)16(19(28)31-4-2)17(32-14)26-20(29)25-12-7-5-6-11(10-12)21(22,23)24/h5-7,10,13H,3-4,8-9H2,1-2H3,(H2,25,26,29)/t13-/m1/s1. The maximum atomic E-state index is 12.9. The highest BCUT2D eigenvalue weighted by Gasteiger charge is 2.38. The van der Waals surface area contributed by atoms with Crippen LogP contribution in [-0.2, 0) is 26.9 Å². The molecule has 1 aromatic heterocycles. The van der Waals surface area contributed by atoms with Gasteiger partial charge in [-0.1, -0.05) is 6.07 Å². The van der Waals surface area contributed by atoms with Crippen molar-refractivity contribution >= 4 is 40.0 Å². The summed E-state index contributed by atoms with van der Waals surface area (Å²) in [6.45, 7) is 3.58. The molecule has 0 aliphatic heterocycles. The van der Waals surface area contributed by atoms with Gasteiger partial charge in [-0.15, -0.1) is 11.3 Å². The Morgan fingerprint density at radius 3 is 2.50 bits per heavy atom. The van der Waals surface area contributed by atoms with Gasteiger partial charge in [0, 0.05) is 10.6 Å². The first-order valence-electron chi connectivity index (χ1n) is 9.90. The molecular formula is C21H21F3N2O5S. The van der Waals surface area contributed by atoms with Gasteiger partial charge in [-0.25, -0.2) is 9.59 Å². The molecule has 7 nitrogen and oxygen atoms in total. The molecule has 32 heavy (non-hydrogen) atoms. The molecule has 1 aliphatic rings. The molecule has 11 heteroatoms. The maximum Gasteiger partial charge on any atom is 0.416 e. The monoisotopic (exact) mass is 470 g/mol. The quantitative estimate of drug-likeness (QED) is 0.568. The minimum atomic E-state index is -4.55. The number of anilines is 2. The predicted octanol–water partition coefficient (Wildman–Crippen LogP) is 5.18. The van der Waals surface area contributed by atoms with Crippen LogP contribution in [0.15, 0.2) is 24.3 Å². The molecule has 0 bridgehead atoms. The highest BCUT2D eigenvalue weighted by atomic mass is 32.1. The van der Waals surface area contributed by atoms with E-state index in [2.05, 4.69) is 10.6 Å². The number of amides is 2. The summed E-state index contributed by atoms with van der Waals surface area (Å²) in [6.07, 6.45) is -3.56. The van der Waals surface area contributed by atoms with E-state index in [1.165, 1.54) is 12.1 Å². The van der Waals surface area contributed by atoms with Crippen molar-refractivity contribution in [3.8, 4) is 0 Å². The van der Waals surface area contributed by atoms with Crippen molar-refractivity contribution in [2.45, 2.75) is 38.8 Å². The molecule has 0 fully saturated rings. The van der Waals surface area contributed by atoms with Gasteiger partial charge < -0.3 is 14.8 Å². The van der Waals surface area contributed by atoms with E-state index < -0.39 is 35.6 Å². The van der Waals surface area contributed by atoms with E-state index in [0.717, 1.165) is 28.3 Å². The number of thiophene rings is 1. The molecule has 2 aromatic rings. The van der Waals surface area contributed by atoms with Gasteiger partial charge in [0.15, 0.2) is 0 Å². The van der Waals surface area contributed by atoms with Crippen molar-refractivity contribution in [2.75, 3.05) is 23.8 Å². The Kier molecular flexibility index (Phi) is 7.07. The third-order valence-electron chi connectivity index (χ3n) is 4.76. The van der Waals surface area contributed by atoms with E-state index in [1.54, 1.807) is 13.8 Å². The molecule has 0 radical (unpaired) electrons. The number of esters is 2. The Balaban J connectivity index is 1.87. The largest absolute Gasteiger partial charge is 0.466 e. The molecule has 1 aromatic carbocycles. The van der Waals surface area contributed by atoms with E-state index in [1.807, 2.05) is 0 Å². The Hall–Kier alpha value is -3.08. The molecule has 0 spiro atoms. The van der Waals surface area contributed by atoms with Gasteiger partial charge in [0.25, 0.3) is 0 Å². The van der Waals surface area contributed by atoms with Crippen molar-refractivity contribution in [2.24, 2.45) is 0 Å². The number of fused-ring (bicyclic) bond motifs is 1. The zero-order valence-electron chi connectivity index (χ0n) is 17.3. The molecule has 1 heterocycles. The van der Waals surface area contributed by atoms with Gasteiger partial charge >= 0.3 is 24.1 Å². The van der Waals surface area contributed by atoms with Crippen LogP contribution in [0.2, 0.25) is 0 Å². The third-order valence-corrected chi connectivity index (χ3v) is 5.94. The summed E-state index contributed by atoms with van der Waals surface area (Å²) in [7, 11) is 0. The number of aryl methyl sites for hydroxylation is 1. The lowest BCUT2D eigenvalue weighted by atomic mass is 9.99. The Bertz CT molecular complexity index is 1030. The molecule has 2 amide bonds. The average Bonchev–Trinajstić information content (AvgIpc) is 3.26. The van der Waals surface area contributed by atoms with Crippen LogP contribution in [-0.4, -0.2) is 31.2 Å². The number of benzene rings is 1. The lowest BCUT2D eigenvalue weighted by Crippen LogP contribution is -2.22. The summed E-state index contributed by atoms with van der Waals surface area (Å²) in [6, 6.07) is 3.35. The molecule has 0 saturated heterocycles. The van der Waals surface area contributed by atoms with Crippen LogP contribution < -0.4 is 10.6 Å². The molecule has 1 aliphatic carbocycles. The van der Waals surface area contributed by atoms with E-state index in [0.29, 0.717) is 18.4 Å². The summed E-state index contributed by atoms with van der Waals surface area (Å²) in [4.78, 5) is 38.2. The van der Waals surface area contributed by atoms with E-state index in [-0.39, 0.29) is 29.5 Å². The van der Waals surface area contributed by atoms with Crippen molar-refractivity contribution in [3.63, 3.8) is 0 Å². The Morgan fingerprint density at radius 1 is 1.12 bits per heavy atom. The number of hydrogen-bond acceptors (Lipinski definition) is 6. The first-order valence-corrected chi connectivity index (χ1v) is 10.7. The van der Waals surface area contributed by atoms with Crippen molar-refractivity contribution in [1.82, 2.24) is 0 Å². The first-order chi connectivity index (χ1) is 15.2. The van der Waals surface area contributed by atoms with Gasteiger partial charge in [-0.2, -0.15) is 13.2 Å². The first kappa shape index (κ1) is 23.6. The predicted molar refractivity (Wildman–Crippen MR) is 112 cm³/mol. The van der Waals surface area contributed by atoms with Gasteiger partial charge in [-0.05, 0) is 50.5 Å². The Labute approximate surface area is 185 Å². The second kappa shape index (κ2) is 9.60. The molecule has 172 valence electrons. The fraction of sp³-hybridized carbons (Fsp3) is 0.381. The number of ether oxygens (including phenoxy) is 2. The smallest absolute Gasteiger partial charge is 0.416 e. The van der Waals surface area contributed by atoms with E-state index in [9.17, 15) is 27.6 Å². The number of hydrogen-bond donors (Lipinski definition) is 2. The average molecular weight is 470 g/mol. The van der Waals surface area contributed by atoms with Crippen molar-refractivity contribution in [3.05, 3.63) is 45.8 Å². The fourth-order valence-corrected chi connectivity index (χ4v) is 4.74. The molecule has 1 atom stereocenters.